The number of hydrogen-bond acceptors (Lipinski definition) is 6. The third kappa shape index (κ3) is 4.45. The molecule has 0 radical (unpaired) electrons. The molecule has 3 aromatic rings. The topological polar surface area (TPSA) is 81.4 Å². The summed E-state index contributed by atoms with van der Waals surface area (Å²) in [7, 11) is 1.65. The van der Waals surface area contributed by atoms with E-state index in [9.17, 15) is 4.79 Å². The Labute approximate surface area is 169 Å². The second kappa shape index (κ2) is 8.43. The summed E-state index contributed by atoms with van der Waals surface area (Å²) in [5, 5.41) is 0. The van der Waals surface area contributed by atoms with Gasteiger partial charge >= 0.3 is 0 Å². The minimum atomic E-state index is -0.0905. The summed E-state index contributed by atoms with van der Waals surface area (Å²) in [4.78, 5) is 27.4. The summed E-state index contributed by atoms with van der Waals surface area (Å²) in [6.45, 7) is 3.14. The molecule has 1 aliphatic rings. The van der Waals surface area contributed by atoms with Crippen molar-refractivity contribution in [3.63, 3.8) is 0 Å². The molecule has 0 saturated carbocycles. The third-order valence-electron chi connectivity index (χ3n) is 5.17. The van der Waals surface area contributed by atoms with E-state index in [2.05, 4.69) is 15.0 Å². The van der Waals surface area contributed by atoms with Crippen LogP contribution >= 0.6 is 0 Å². The number of ether oxygens (including phenoxy) is 1. The van der Waals surface area contributed by atoms with E-state index < -0.39 is 0 Å². The first kappa shape index (κ1) is 19.1. The summed E-state index contributed by atoms with van der Waals surface area (Å²) in [6.07, 6.45) is 7.47. The first-order valence-corrected chi connectivity index (χ1v) is 9.78. The zero-order valence-electron chi connectivity index (χ0n) is 16.7. The SMILES string of the molecule is COc1ccc(Cc2cnc([C@@H]3CCCN(C(=O)c4cnc(C)cn4)C3)o2)cc1. The standard InChI is InChI=1S/C22H24N4O3/c1-15-11-24-20(13-23-15)22(27)26-9-3-4-17(14-26)21-25-12-19(29-21)10-16-5-7-18(28-2)8-6-16/h5-8,11-13,17H,3-4,9-10,14H2,1-2H3/t17-/m1/s1. The molecule has 1 saturated heterocycles. The van der Waals surface area contributed by atoms with Gasteiger partial charge in [0.1, 0.15) is 17.2 Å². The highest BCUT2D eigenvalue weighted by molar-refractivity contribution is 5.92. The van der Waals surface area contributed by atoms with Crippen LogP contribution in [0.1, 0.15) is 52.2 Å². The van der Waals surface area contributed by atoms with Gasteiger partial charge in [0, 0.05) is 25.7 Å². The van der Waals surface area contributed by atoms with Crippen molar-refractivity contribution in [1.82, 2.24) is 19.9 Å². The van der Waals surface area contributed by atoms with Crippen molar-refractivity contribution >= 4 is 5.91 Å². The molecule has 1 aliphatic heterocycles. The Morgan fingerprint density at radius 1 is 1.17 bits per heavy atom. The van der Waals surface area contributed by atoms with Crippen LogP contribution in [0.15, 0.2) is 47.3 Å². The monoisotopic (exact) mass is 392 g/mol. The minimum Gasteiger partial charge on any atom is -0.497 e. The highest BCUT2D eigenvalue weighted by atomic mass is 16.5. The molecule has 150 valence electrons. The Hall–Kier alpha value is -3.22. The molecule has 0 unspecified atom stereocenters. The molecule has 7 nitrogen and oxygen atoms in total. The van der Waals surface area contributed by atoms with Gasteiger partial charge in [-0.25, -0.2) is 9.97 Å². The van der Waals surface area contributed by atoms with Gasteiger partial charge < -0.3 is 14.1 Å². The summed E-state index contributed by atoms with van der Waals surface area (Å²) >= 11 is 0. The quantitative estimate of drug-likeness (QED) is 0.662. The van der Waals surface area contributed by atoms with E-state index in [1.165, 1.54) is 0 Å². The molecule has 1 fully saturated rings. The van der Waals surface area contributed by atoms with E-state index in [-0.39, 0.29) is 11.8 Å². The van der Waals surface area contributed by atoms with Crippen molar-refractivity contribution in [1.29, 1.82) is 0 Å². The largest absolute Gasteiger partial charge is 0.497 e. The second-order valence-corrected chi connectivity index (χ2v) is 7.32. The van der Waals surface area contributed by atoms with Crippen molar-refractivity contribution in [3.8, 4) is 5.75 Å². The van der Waals surface area contributed by atoms with Gasteiger partial charge in [0.2, 0.25) is 0 Å². The maximum Gasteiger partial charge on any atom is 0.274 e. The average Bonchev–Trinajstić information content (AvgIpc) is 3.23. The molecule has 4 rings (SSSR count). The molecule has 1 aromatic carbocycles. The Kier molecular flexibility index (Phi) is 5.55. The molecule has 0 N–H and O–H groups in total. The number of carbonyl (C=O) groups is 1. The number of aryl methyl sites for hydroxylation is 1. The summed E-state index contributed by atoms with van der Waals surface area (Å²) < 4.78 is 11.2. The maximum absolute atomic E-state index is 12.7. The van der Waals surface area contributed by atoms with E-state index in [1.807, 2.05) is 36.1 Å². The number of oxazole rings is 1. The molecule has 0 bridgehead atoms. The molecule has 1 atom stereocenters. The van der Waals surface area contributed by atoms with Gasteiger partial charge in [0.25, 0.3) is 5.91 Å². The fraction of sp³-hybridized carbons (Fsp3) is 0.364. The number of carbonyl (C=O) groups excluding carboxylic acids is 1. The zero-order valence-corrected chi connectivity index (χ0v) is 16.7. The number of likely N-dealkylation sites (tertiary alicyclic amines) is 1. The molecule has 0 spiro atoms. The highest BCUT2D eigenvalue weighted by Gasteiger charge is 2.29. The lowest BCUT2D eigenvalue weighted by molar-refractivity contribution is 0.0691. The van der Waals surface area contributed by atoms with Crippen LogP contribution in [0.5, 0.6) is 5.75 Å². The lowest BCUT2D eigenvalue weighted by Crippen LogP contribution is -2.39. The molecular formula is C22H24N4O3. The lowest BCUT2D eigenvalue weighted by Gasteiger charge is -2.31. The van der Waals surface area contributed by atoms with Gasteiger partial charge in [-0.15, -0.1) is 0 Å². The Bertz CT molecular complexity index is 966. The van der Waals surface area contributed by atoms with Crippen LogP contribution in [0.2, 0.25) is 0 Å². The van der Waals surface area contributed by atoms with Gasteiger partial charge in [-0.05, 0) is 37.5 Å². The van der Waals surface area contributed by atoms with Crippen LogP contribution in [0, 0.1) is 6.92 Å². The van der Waals surface area contributed by atoms with Gasteiger partial charge in [-0.2, -0.15) is 0 Å². The van der Waals surface area contributed by atoms with Crippen molar-refractivity contribution in [2.75, 3.05) is 20.2 Å². The number of hydrogen-bond donors (Lipinski definition) is 0. The fourth-order valence-corrected chi connectivity index (χ4v) is 3.57. The number of methoxy groups -OCH3 is 1. The van der Waals surface area contributed by atoms with Gasteiger partial charge in [0.15, 0.2) is 5.89 Å². The molecule has 1 amide bonds. The van der Waals surface area contributed by atoms with Gasteiger partial charge in [-0.1, -0.05) is 12.1 Å². The van der Waals surface area contributed by atoms with E-state index in [0.717, 1.165) is 35.6 Å². The van der Waals surface area contributed by atoms with E-state index >= 15 is 0 Å². The zero-order chi connectivity index (χ0) is 20.2. The summed E-state index contributed by atoms with van der Waals surface area (Å²) in [5.74, 6) is 2.35. The predicted molar refractivity (Wildman–Crippen MR) is 107 cm³/mol. The molecular weight excluding hydrogens is 368 g/mol. The number of rotatable bonds is 5. The first-order valence-electron chi connectivity index (χ1n) is 9.78. The molecule has 3 heterocycles. The van der Waals surface area contributed by atoms with Crippen LogP contribution in [-0.2, 0) is 6.42 Å². The van der Waals surface area contributed by atoms with Crippen molar-refractivity contribution in [2.45, 2.75) is 32.1 Å². The number of piperidine rings is 1. The van der Waals surface area contributed by atoms with E-state index in [4.69, 9.17) is 9.15 Å². The predicted octanol–water partition coefficient (Wildman–Crippen LogP) is 3.39. The smallest absolute Gasteiger partial charge is 0.274 e. The lowest BCUT2D eigenvalue weighted by atomic mass is 9.98. The third-order valence-corrected chi connectivity index (χ3v) is 5.17. The maximum atomic E-state index is 12.7. The first-order chi connectivity index (χ1) is 14.1. The molecule has 2 aromatic heterocycles. The second-order valence-electron chi connectivity index (χ2n) is 7.32. The highest BCUT2D eigenvalue weighted by Crippen LogP contribution is 2.28. The average molecular weight is 392 g/mol. The summed E-state index contributed by atoms with van der Waals surface area (Å²) in [6, 6.07) is 7.91. The number of amides is 1. The number of benzene rings is 1. The Morgan fingerprint density at radius 2 is 2.00 bits per heavy atom. The minimum absolute atomic E-state index is 0.0905. The number of aromatic nitrogens is 3. The van der Waals surface area contributed by atoms with Crippen LogP contribution in [0.25, 0.3) is 0 Å². The van der Waals surface area contributed by atoms with Crippen molar-refractivity contribution in [3.05, 3.63) is 71.5 Å². The van der Waals surface area contributed by atoms with Crippen LogP contribution in [0.3, 0.4) is 0 Å². The Morgan fingerprint density at radius 3 is 2.72 bits per heavy atom. The molecule has 7 heteroatoms. The normalized spacial score (nSPS) is 16.6. The van der Waals surface area contributed by atoms with Crippen LogP contribution in [-0.4, -0.2) is 46.0 Å². The van der Waals surface area contributed by atoms with Crippen LogP contribution < -0.4 is 4.74 Å². The van der Waals surface area contributed by atoms with Crippen LogP contribution in [0.4, 0.5) is 0 Å². The van der Waals surface area contributed by atoms with E-state index in [1.54, 1.807) is 25.7 Å². The summed E-state index contributed by atoms with van der Waals surface area (Å²) in [5.41, 5.74) is 2.30. The number of nitrogens with zero attached hydrogens (tertiary/aromatic N) is 4. The van der Waals surface area contributed by atoms with E-state index in [0.29, 0.717) is 31.1 Å². The molecule has 0 aliphatic carbocycles. The Balaban J connectivity index is 1.42. The van der Waals surface area contributed by atoms with Crippen molar-refractivity contribution in [2.24, 2.45) is 0 Å². The van der Waals surface area contributed by atoms with Gasteiger partial charge in [-0.3, -0.25) is 9.78 Å². The fourth-order valence-electron chi connectivity index (χ4n) is 3.57. The van der Waals surface area contributed by atoms with Gasteiger partial charge in [0.05, 0.1) is 31.1 Å². The van der Waals surface area contributed by atoms with Crippen molar-refractivity contribution < 1.29 is 13.9 Å². The molecule has 29 heavy (non-hydrogen) atoms.